The van der Waals surface area contributed by atoms with Gasteiger partial charge >= 0.3 is 0 Å². The van der Waals surface area contributed by atoms with Gasteiger partial charge in [0.2, 0.25) is 0 Å². The Kier molecular flexibility index (Phi) is 5.10. The molecule has 7 aromatic rings. The molecule has 14 heteroatoms. The Hall–Kier alpha value is -5.02. The van der Waals surface area contributed by atoms with E-state index >= 15 is 0 Å². The molecule has 1 aromatic heterocycles. The van der Waals surface area contributed by atoms with Crippen LogP contribution in [0.15, 0.2) is 89.6 Å². The average Bonchev–Trinajstić information content (AvgIpc) is 2.95. The van der Waals surface area contributed by atoms with Gasteiger partial charge in [0.05, 0.1) is 32.8 Å². The predicted octanol–water partition coefficient (Wildman–Crippen LogP) is 2.63. The first-order chi connectivity index (χ1) is 19.8. The number of fused-ring (bicyclic) bond motifs is 8. The summed E-state index contributed by atoms with van der Waals surface area (Å²) in [6, 6.07) is 13.2. The van der Waals surface area contributed by atoms with Gasteiger partial charge in [0.1, 0.15) is 9.79 Å². The van der Waals surface area contributed by atoms with Crippen LogP contribution in [0.3, 0.4) is 0 Å². The molecule has 42 heavy (non-hydrogen) atoms. The smallest absolute Gasteiger partial charge is 0.296 e. The first kappa shape index (κ1) is 25.9. The van der Waals surface area contributed by atoms with Crippen molar-refractivity contribution >= 4 is 85.4 Å². The average molecular weight is 603 g/mol. The second kappa shape index (κ2) is 8.27. The maximum atomic E-state index is 13.6. The molecule has 0 radical (unpaired) electrons. The van der Waals surface area contributed by atoms with E-state index in [0.717, 1.165) is 12.1 Å². The van der Waals surface area contributed by atoms with Crippen LogP contribution in [0, 0.1) is 0 Å². The topological polar surface area (TPSA) is 209 Å². The van der Waals surface area contributed by atoms with Crippen molar-refractivity contribution in [3.05, 3.63) is 102 Å². The zero-order valence-electron chi connectivity index (χ0n) is 20.8. The van der Waals surface area contributed by atoms with Crippen molar-refractivity contribution in [3.8, 4) is 0 Å². The minimum atomic E-state index is -5.12. The van der Waals surface area contributed by atoms with Crippen molar-refractivity contribution in [1.82, 2.24) is 9.97 Å². The molecule has 6 aromatic carbocycles. The van der Waals surface area contributed by atoms with Crippen molar-refractivity contribution in [2.45, 2.75) is 9.79 Å². The highest BCUT2D eigenvalue weighted by Crippen LogP contribution is 2.33. The summed E-state index contributed by atoms with van der Waals surface area (Å²) in [5.74, 6) is 0. The molecule has 0 atom stereocenters. The number of hydrogen-bond donors (Lipinski definition) is 4. The summed E-state index contributed by atoms with van der Waals surface area (Å²) in [7, 11) is -10.2. The molecule has 1 heterocycles. The van der Waals surface area contributed by atoms with E-state index in [1.807, 2.05) is 0 Å². The Morgan fingerprint density at radius 1 is 0.452 bits per heavy atom. The van der Waals surface area contributed by atoms with Crippen molar-refractivity contribution in [1.29, 1.82) is 0 Å². The fourth-order valence-electron chi connectivity index (χ4n) is 5.62. The lowest BCUT2D eigenvalue weighted by Crippen LogP contribution is -2.17. The number of hydrogen-bond acceptors (Lipinski definition) is 8. The van der Waals surface area contributed by atoms with E-state index in [1.54, 1.807) is 0 Å². The maximum Gasteiger partial charge on any atom is 0.296 e. The monoisotopic (exact) mass is 602 g/mol. The third-order valence-electron chi connectivity index (χ3n) is 7.41. The molecule has 208 valence electrons. The molecule has 7 rings (SSSR count). The van der Waals surface area contributed by atoms with E-state index in [1.165, 1.54) is 48.5 Å². The lowest BCUT2D eigenvalue weighted by Gasteiger charge is -2.14. The van der Waals surface area contributed by atoms with E-state index in [2.05, 4.69) is 9.97 Å². The van der Waals surface area contributed by atoms with Crippen molar-refractivity contribution in [3.63, 3.8) is 0 Å². The minimum Gasteiger partial charge on any atom is -0.350 e. The van der Waals surface area contributed by atoms with Gasteiger partial charge in [-0.1, -0.05) is 48.5 Å². The summed E-state index contributed by atoms with van der Waals surface area (Å²) in [5, 5.41) is -1.53. The SMILES string of the molecule is O=c1c2ccccc2c(=O)c2c1cc(S(=O)(=O)O)c1[nH]c3c([nH]c12)c(S(=O)(=O)O)cc1c(=O)c2ccccc2c(=O)c13. The van der Waals surface area contributed by atoms with Crippen LogP contribution in [0.2, 0.25) is 0 Å². The van der Waals surface area contributed by atoms with Crippen LogP contribution in [-0.4, -0.2) is 35.9 Å². The van der Waals surface area contributed by atoms with Crippen LogP contribution >= 0.6 is 0 Å². The highest BCUT2D eigenvalue weighted by molar-refractivity contribution is 7.86. The van der Waals surface area contributed by atoms with Gasteiger partial charge in [0.25, 0.3) is 20.2 Å². The van der Waals surface area contributed by atoms with Gasteiger partial charge < -0.3 is 9.97 Å². The molecule has 0 saturated heterocycles. The van der Waals surface area contributed by atoms with Gasteiger partial charge in [0, 0.05) is 32.3 Å². The quantitative estimate of drug-likeness (QED) is 0.129. The van der Waals surface area contributed by atoms with E-state index in [-0.39, 0.29) is 32.3 Å². The highest BCUT2D eigenvalue weighted by Gasteiger charge is 2.27. The van der Waals surface area contributed by atoms with Crippen molar-refractivity contribution in [2.75, 3.05) is 0 Å². The number of benzene rings is 6. The first-order valence-corrected chi connectivity index (χ1v) is 14.9. The van der Waals surface area contributed by atoms with Crippen LogP contribution in [0.5, 0.6) is 0 Å². The summed E-state index contributed by atoms with van der Waals surface area (Å²) < 4.78 is 70.5. The van der Waals surface area contributed by atoms with Gasteiger partial charge in [-0.25, -0.2) is 0 Å². The zero-order valence-corrected chi connectivity index (χ0v) is 22.4. The molecule has 12 nitrogen and oxygen atoms in total. The molecule has 0 saturated carbocycles. The number of rotatable bonds is 2. The minimum absolute atomic E-state index is 0.0118. The second-order valence-corrected chi connectivity index (χ2v) is 12.5. The predicted molar refractivity (Wildman–Crippen MR) is 156 cm³/mol. The number of aromatic nitrogens is 2. The van der Waals surface area contributed by atoms with Gasteiger partial charge in [-0.05, 0) is 12.1 Å². The van der Waals surface area contributed by atoms with Crippen LogP contribution in [0.25, 0.3) is 65.2 Å². The Bertz CT molecular complexity index is 2680. The van der Waals surface area contributed by atoms with E-state index in [0.29, 0.717) is 0 Å². The molecule has 0 bridgehead atoms. The fourth-order valence-corrected chi connectivity index (χ4v) is 6.97. The zero-order chi connectivity index (χ0) is 29.9. The number of aromatic amines is 2. The molecular weight excluding hydrogens is 588 g/mol. The van der Waals surface area contributed by atoms with E-state index in [9.17, 15) is 45.1 Å². The largest absolute Gasteiger partial charge is 0.350 e. The number of H-pyrrole nitrogens is 2. The molecular formula is C28H14N2O10S2. The Morgan fingerprint density at radius 2 is 0.762 bits per heavy atom. The lowest BCUT2D eigenvalue weighted by molar-refractivity contribution is 0.481. The summed E-state index contributed by atoms with van der Waals surface area (Å²) in [4.78, 5) is 57.6. The molecule has 0 fully saturated rings. The molecule has 0 spiro atoms. The third-order valence-corrected chi connectivity index (χ3v) is 9.17. The van der Waals surface area contributed by atoms with Gasteiger partial charge in [-0.15, -0.1) is 0 Å². The Balaban J connectivity index is 1.88. The molecule has 0 amide bonds. The molecule has 0 aliphatic rings. The van der Waals surface area contributed by atoms with Gasteiger partial charge in [-0.3, -0.25) is 28.3 Å². The summed E-state index contributed by atoms with van der Waals surface area (Å²) in [5.41, 5.74) is -4.70. The maximum absolute atomic E-state index is 13.6. The van der Waals surface area contributed by atoms with Crippen molar-refractivity contribution in [2.24, 2.45) is 0 Å². The van der Waals surface area contributed by atoms with Crippen LogP contribution in [-0.2, 0) is 20.2 Å². The van der Waals surface area contributed by atoms with E-state index < -0.39 is 84.6 Å². The lowest BCUT2D eigenvalue weighted by atomic mass is 9.99. The van der Waals surface area contributed by atoms with Crippen LogP contribution in [0.4, 0.5) is 0 Å². The third kappa shape index (κ3) is 3.40. The fraction of sp³-hybridized carbons (Fsp3) is 0. The molecule has 0 unspecified atom stereocenters. The Labute approximate surface area is 232 Å². The van der Waals surface area contributed by atoms with Gasteiger partial charge in [0.15, 0.2) is 21.7 Å². The van der Waals surface area contributed by atoms with Crippen molar-refractivity contribution < 1.29 is 25.9 Å². The summed E-state index contributed by atoms with van der Waals surface area (Å²) in [6.45, 7) is 0. The van der Waals surface area contributed by atoms with E-state index in [4.69, 9.17) is 0 Å². The second-order valence-electron chi connectivity index (χ2n) is 9.70. The summed E-state index contributed by atoms with van der Waals surface area (Å²) in [6.07, 6.45) is 0. The van der Waals surface area contributed by atoms with Crippen LogP contribution < -0.4 is 21.7 Å². The summed E-state index contributed by atoms with van der Waals surface area (Å²) >= 11 is 0. The normalized spacial score (nSPS) is 12.8. The molecule has 4 N–H and O–H groups in total. The first-order valence-electron chi connectivity index (χ1n) is 12.1. The highest BCUT2D eigenvalue weighted by atomic mass is 32.2. The number of nitrogens with one attached hydrogen (secondary N) is 2. The standard InChI is InChI=1S/C28H14N2O10S2/c31-25-11-5-1-3-7-13(11)27(33)19-15(25)9-17(41(35,36)37)21-23(19)29-22-18(42(38,39)40)10-16-20(24(22)30-21)28(34)14-8-4-2-6-12(14)26(16)32/h1-10,29-30H,(H,35,36,37)(H,38,39,40). The van der Waals surface area contributed by atoms with Gasteiger partial charge in [-0.2, -0.15) is 16.8 Å². The molecule has 0 aliphatic carbocycles. The van der Waals surface area contributed by atoms with Crippen LogP contribution in [0.1, 0.15) is 0 Å². The molecule has 0 aliphatic heterocycles. The Morgan fingerprint density at radius 3 is 1.07 bits per heavy atom.